The molecule has 2 aromatic rings. The van der Waals surface area contributed by atoms with Gasteiger partial charge in [0.2, 0.25) is 5.91 Å². The van der Waals surface area contributed by atoms with E-state index in [4.69, 9.17) is 40.5 Å². The molecule has 0 aliphatic carbocycles. The quantitative estimate of drug-likeness (QED) is 0.839. The molecule has 1 heterocycles. The summed E-state index contributed by atoms with van der Waals surface area (Å²) in [6.45, 7) is 4.00. The third-order valence-electron chi connectivity index (χ3n) is 3.41. The lowest BCUT2D eigenvalue weighted by atomic mass is 9.92. The van der Waals surface area contributed by atoms with E-state index in [1.807, 2.05) is 4.57 Å². The number of primary amides is 1. The second-order valence-corrected chi connectivity index (χ2v) is 6.75. The molecule has 2 rings (SSSR count). The number of carbonyl (C=O) groups excluding carboxylic acids is 1. The minimum absolute atomic E-state index is 0.374. The van der Waals surface area contributed by atoms with Crippen molar-refractivity contribution in [1.82, 2.24) is 9.55 Å². The van der Waals surface area contributed by atoms with E-state index in [0.29, 0.717) is 28.9 Å². The van der Waals surface area contributed by atoms with E-state index in [2.05, 4.69) is 4.98 Å². The van der Waals surface area contributed by atoms with Crippen LogP contribution in [0.25, 0.3) is 11.0 Å². The largest absolute Gasteiger partial charge is 0.369 e. The van der Waals surface area contributed by atoms with Crippen LogP contribution >= 0.6 is 34.8 Å². The molecule has 1 amide bonds. The van der Waals surface area contributed by atoms with Crippen molar-refractivity contribution in [3.8, 4) is 0 Å². The van der Waals surface area contributed by atoms with E-state index in [0.717, 1.165) is 16.9 Å². The van der Waals surface area contributed by atoms with Gasteiger partial charge in [0.15, 0.2) is 0 Å². The summed E-state index contributed by atoms with van der Waals surface area (Å²) in [6, 6.07) is 3.46. The Bertz CT molecular complexity index is 694. The predicted molar refractivity (Wildman–Crippen MR) is 87.2 cm³/mol. The van der Waals surface area contributed by atoms with Gasteiger partial charge in [-0.3, -0.25) is 4.79 Å². The first-order valence-electron chi connectivity index (χ1n) is 6.46. The molecule has 0 saturated carbocycles. The van der Waals surface area contributed by atoms with Gasteiger partial charge in [0.05, 0.1) is 26.5 Å². The van der Waals surface area contributed by atoms with Gasteiger partial charge in [-0.25, -0.2) is 4.98 Å². The molecular weight excluding hydrogens is 333 g/mol. The average molecular weight is 349 g/mol. The van der Waals surface area contributed by atoms with Gasteiger partial charge in [0, 0.05) is 18.8 Å². The van der Waals surface area contributed by atoms with Crippen molar-refractivity contribution in [3.63, 3.8) is 0 Å². The molecule has 0 atom stereocenters. The number of fused-ring (bicyclic) bond motifs is 1. The van der Waals surface area contributed by atoms with Crippen molar-refractivity contribution in [1.29, 1.82) is 0 Å². The summed E-state index contributed by atoms with van der Waals surface area (Å²) in [5.74, 6) is 0.843. The number of aryl methyl sites for hydroxylation is 1. The molecule has 0 unspecified atom stereocenters. The van der Waals surface area contributed by atoms with Crippen LogP contribution in [0.15, 0.2) is 12.1 Å². The maximum absolute atomic E-state index is 11.6. The SMILES string of the molecule is CC(C)(Cn1c(CCCl)nc2cc(Cl)c(Cl)cc21)C(N)=O. The van der Waals surface area contributed by atoms with Crippen molar-refractivity contribution in [2.45, 2.75) is 26.8 Å². The van der Waals surface area contributed by atoms with E-state index >= 15 is 0 Å². The lowest BCUT2D eigenvalue weighted by Gasteiger charge is -2.22. The Hall–Kier alpha value is -0.970. The van der Waals surface area contributed by atoms with Crippen molar-refractivity contribution in [2.24, 2.45) is 11.1 Å². The van der Waals surface area contributed by atoms with Crippen LogP contribution in [0.1, 0.15) is 19.7 Å². The van der Waals surface area contributed by atoms with Crippen molar-refractivity contribution >= 4 is 51.7 Å². The fourth-order valence-electron chi connectivity index (χ4n) is 2.10. The Morgan fingerprint density at radius 3 is 2.52 bits per heavy atom. The number of alkyl halides is 1. The first-order valence-corrected chi connectivity index (χ1v) is 7.75. The number of halogens is 3. The van der Waals surface area contributed by atoms with E-state index < -0.39 is 5.41 Å². The fraction of sp³-hybridized carbons (Fsp3) is 0.429. The van der Waals surface area contributed by atoms with Gasteiger partial charge in [-0.05, 0) is 26.0 Å². The molecule has 0 aliphatic heterocycles. The van der Waals surface area contributed by atoms with Gasteiger partial charge in [0.1, 0.15) is 5.82 Å². The number of amides is 1. The topological polar surface area (TPSA) is 60.9 Å². The number of hydrogen-bond donors (Lipinski definition) is 1. The minimum Gasteiger partial charge on any atom is -0.369 e. The zero-order valence-electron chi connectivity index (χ0n) is 11.8. The first-order chi connectivity index (χ1) is 9.76. The second kappa shape index (κ2) is 6.03. The van der Waals surface area contributed by atoms with E-state index in [-0.39, 0.29) is 5.91 Å². The normalized spacial score (nSPS) is 12.0. The zero-order valence-corrected chi connectivity index (χ0v) is 14.1. The molecule has 7 heteroatoms. The summed E-state index contributed by atoms with van der Waals surface area (Å²) in [6.07, 6.45) is 0.584. The smallest absolute Gasteiger partial charge is 0.224 e. The Morgan fingerprint density at radius 2 is 1.95 bits per heavy atom. The molecule has 0 aliphatic rings. The highest BCUT2D eigenvalue weighted by atomic mass is 35.5. The molecule has 0 saturated heterocycles. The number of imidazole rings is 1. The standard InChI is InChI=1S/C14H16Cl3N3O/c1-14(2,13(18)21)7-20-11-6-9(17)8(16)5-10(11)19-12(20)3-4-15/h5-6H,3-4,7H2,1-2H3,(H2,18,21). The number of rotatable bonds is 5. The summed E-state index contributed by atoms with van der Waals surface area (Å²) < 4.78 is 1.94. The molecule has 114 valence electrons. The highest BCUT2D eigenvalue weighted by Crippen LogP contribution is 2.30. The average Bonchev–Trinajstić information content (AvgIpc) is 2.68. The molecule has 1 aromatic carbocycles. The molecule has 1 aromatic heterocycles. The number of benzene rings is 1. The van der Waals surface area contributed by atoms with Crippen LogP contribution in [0.3, 0.4) is 0 Å². The number of nitrogens with two attached hydrogens (primary N) is 1. The molecule has 2 N–H and O–H groups in total. The Morgan fingerprint density at radius 1 is 1.33 bits per heavy atom. The molecule has 21 heavy (non-hydrogen) atoms. The third kappa shape index (κ3) is 3.28. The van der Waals surface area contributed by atoms with Crippen LogP contribution < -0.4 is 5.73 Å². The van der Waals surface area contributed by atoms with Crippen LogP contribution in [0.2, 0.25) is 10.0 Å². The van der Waals surface area contributed by atoms with E-state index in [1.165, 1.54) is 0 Å². The minimum atomic E-state index is -0.708. The maximum Gasteiger partial charge on any atom is 0.224 e. The maximum atomic E-state index is 11.6. The van der Waals surface area contributed by atoms with Crippen LogP contribution in [-0.4, -0.2) is 21.3 Å². The molecule has 0 bridgehead atoms. The highest BCUT2D eigenvalue weighted by Gasteiger charge is 2.27. The Balaban J connectivity index is 2.60. The summed E-state index contributed by atoms with van der Waals surface area (Å²) in [4.78, 5) is 16.1. The van der Waals surface area contributed by atoms with Gasteiger partial charge in [-0.1, -0.05) is 23.2 Å². The van der Waals surface area contributed by atoms with Crippen LogP contribution in [-0.2, 0) is 17.8 Å². The van der Waals surface area contributed by atoms with Crippen molar-refractivity contribution in [3.05, 3.63) is 28.0 Å². The number of carbonyl (C=O) groups is 1. The number of hydrogen-bond acceptors (Lipinski definition) is 2. The monoisotopic (exact) mass is 347 g/mol. The molecule has 0 fully saturated rings. The van der Waals surface area contributed by atoms with E-state index in [1.54, 1.807) is 26.0 Å². The van der Waals surface area contributed by atoms with Gasteiger partial charge >= 0.3 is 0 Å². The third-order valence-corrected chi connectivity index (χ3v) is 4.32. The van der Waals surface area contributed by atoms with Gasteiger partial charge < -0.3 is 10.3 Å². The van der Waals surface area contributed by atoms with E-state index in [9.17, 15) is 4.79 Å². The zero-order chi connectivity index (χ0) is 15.8. The lowest BCUT2D eigenvalue weighted by Crippen LogP contribution is -2.35. The van der Waals surface area contributed by atoms with Gasteiger partial charge in [-0.2, -0.15) is 0 Å². The van der Waals surface area contributed by atoms with Crippen molar-refractivity contribution < 1.29 is 4.79 Å². The Labute approximate surface area is 138 Å². The summed E-state index contributed by atoms with van der Waals surface area (Å²) in [5, 5.41) is 0.889. The first kappa shape index (κ1) is 16.4. The van der Waals surface area contributed by atoms with Crippen LogP contribution in [0, 0.1) is 5.41 Å². The number of aromatic nitrogens is 2. The summed E-state index contributed by atoms with van der Waals surface area (Å²) in [7, 11) is 0. The van der Waals surface area contributed by atoms with Crippen LogP contribution in [0.5, 0.6) is 0 Å². The predicted octanol–water partition coefficient (Wildman–Crippen LogP) is 3.64. The lowest BCUT2D eigenvalue weighted by molar-refractivity contribution is -0.126. The van der Waals surface area contributed by atoms with Gasteiger partial charge in [-0.15, -0.1) is 11.6 Å². The summed E-state index contributed by atoms with van der Waals surface area (Å²) in [5.41, 5.74) is 6.30. The number of nitrogens with zero attached hydrogens (tertiary/aromatic N) is 2. The molecule has 4 nitrogen and oxygen atoms in total. The van der Waals surface area contributed by atoms with Gasteiger partial charge in [0.25, 0.3) is 0 Å². The fourth-order valence-corrected chi connectivity index (χ4v) is 2.58. The molecule has 0 radical (unpaired) electrons. The molecular formula is C14H16Cl3N3O. The molecule has 0 spiro atoms. The Kier molecular flexibility index (Phi) is 4.71. The highest BCUT2D eigenvalue weighted by molar-refractivity contribution is 6.42. The summed E-state index contributed by atoms with van der Waals surface area (Å²) >= 11 is 18.0. The second-order valence-electron chi connectivity index (χ2n) is 5.56. The van der Waals surface area contributed by atoms with Crippen molar-refractivity contribution in [2.75, 3.05) is 5.88 Å². The van der Waals surface area contributed by atoms with Crippen LogP contribution in [0.4, 0.5) is 0 Å².